The number of phenolic OH excluding ortho intramolecular Hbond substituents is 2. The van der Waals surface area contributed by atoms with Crippen molar-refractivity contribution < 1.29 is 19.7 Å². The summed E-state index contributed by atoms with van der Waals surface area (Å²) >= 11 is 5.75. The second-order valence-corrected chi connectivity index (χ2v) is 3.96. The van der Waals surface area contributed by atoms with Gasteiger partial charge in [-0.15, -0.1) is 0 Å². The van der Waals surface area contributed by atoms with Crippen molar-refractivity contribution >= 4 is 17.6 Å². The summed E-state index contributed by atoms with van der Waals surface area (Å²) in [5, 5.41) is 19.2. The van der Waals surface area contributed by atoms with Gasteiger partial charge in [0.25, 0.3) is 0 Å². The van der Waals surface area contributed by atoms with E-state index in [-0.39, 0.29) is 17.1 Å². The van der Waals surface area contributed by atoms with Gasteiger partial charge in [0.2, 0.25) is 5.75 Å². The number of para-hydroxylation sites is 1. The van der Waals surface area contributed by atoms with Gasteiger partial charge in [0, 0.05) is 5.02 Å². The summed E-state index contributed by atoms with van der Waals surface area (Å²) in [4.78, 5) is 11.8. The highest BCUT2D eigenvalue weighted by Gasteiger charge is 2.13. The summed E-state index contributed by atoms with van der Waals surface area (Å²) in [6.07, 6.45) is 0. The van der Waals surface area contributed by atoms with Gasteiger partial charge in [-0.25, -0.2) is 4.79 Å². The third-order valence-electron chi connectivity index (χ3n) is 2.24. The lowest BCUT2D eigenvalue weighted by atomic mass is 10.2. The van der Waals surface area contributed by atoms with Gasteiger partial charge in [0.05, 0.1) is 5.56 Å². The number of carbonyl (C=O) groups excluding carboxylic acids is 1. The van der Waals surface area contributed by atoms with Crippen LogP contribution in [0.25, 0.3) is 0 Å². The van der Waals surface area contributed by atoms with Crippen molar-refractivity contribution in [2.45, 2.75) is 0 Å². The van der Waals surface area contributed by atoms with Gasteiger partial charge in [0.1, 0.15) is 0 Å². The molecule has 0 aromatic heterocycles. The van der Waals surface area contributed by atoms with Crippen molar-refractivity contribution in [2.75, 3.05) is 0 Å². The highest BCUT2D eigenvalue weighted by atomic mass is 35.5. The largest absolute Gasteiger partial charge is 0.504 e. The molecule has 0 saturated heterocycles. The van der Waals surface area contributed by atoms with Gasteiger partial charge < -0.3 is 14.9 Å². The van der Waals surface area contributed by atoms with E-state index in [1.807, 2.05) is 0 Å². The maximum absolute atomic E-state index is 11.8. The van der Waals surface area contributed by atoms with Crippen molar-refractivity contribution in [3.8, 4) is 17.2 Å². The molecule has 0 aliphatic carbocycles. The summed E-state index contributed by atoms with van der Waals surface area (Å²) in [6.45, 7) is 0. The molecule has 18 heavy (non-hydrogen) atoms. The monoisotopic (exact) mass is 264 g/mol. The number of aromatic hydroxyl groups is 2. The molecular weight excluding hydrogens is 256 g/mol. The first-order valence-corrected chi connectivity index (χ1v) is 5.44. The van der Waals surface area contributed by atoms with Crippen LogP contribution in [0.15, 0.2) is 42.5 Å². The maximum Gasteiger partial charge on any atom is 0.343 e. The second kappa shape index (κ2) is 4.98. The molecule has 0 unspecified atom stereocenters. The average Bonchev–Trinajstić information content (AvgIpc) is 2.35. The lowest BCUT2D eigenvalue weighted by Gasteiger charge is -2.07. The zero-order valence-corrected chi connectivity index (χ0v) is 9.89. The molecule has 92 valence electrons. The fourth-order valence-corrected chi connectivity index (χ4v) is 1.56. The highest BCUT2D eigenvalue weighted by Crippen LogP contribution is 2.34. The standard InChI is InChI=1S/C13H9ClO4/c14-9-4-1-3-8(7-9)13(17)18-11-6-2-5-10(15)12(11)16/h1-7,15-16H. The van der Waals surface area contributed by atoms with Crippen LogP contribution in [0.3, 0.4) is 0 Å². The Labute approximate surface area is 108 Å². The van der Waals surface area contributed by atoms with Gasteiger partial charge >= 0.3 is 5.97 Å². The van der Waals surface area contributed by atoms with Crippen LogP contribution in [-0.4, -0.2) is 16.2 Å². The molecule has 0 radical (unpaired) electrons. The summed E-state index contributed by atoms with van der Waals surface area (Å²) in [5.74, 6) is -1.61. The van der Waals surface area contributed by atoms with E-state index in [4.69, 9.17) is 16.3 Å². The van der Waals surface area contributed by atoms with Crippen LogP contribution in [-0.2, 0) is 0 Å². The Hall–Kier alpha value is -2.20. The molecule has 0 spiro atoms. The fraction of sp³-hybridized carbons (Fsp3) is 0. The lowest BCUT2D eigenvalue weighted by molar-refractivity contribution is 0.0729. The number of phenols is 2. The number of benzene rings is 2. The molecule has 0 heterocycles. The predicted molar refractivity (Wildman–Crippen MR) is 66.2 cm³/mol. The topological polar surface area (TPSA) is 66.8 Å². The van der Waals surface area contributed by atoms with E-state index in [2.05, 4.69) is 0 Å². The van der Waals surface area contributed by atoms with Crippen LogP contribution in [0, 0.1) is 0 Å². The van der Waals surface area contributed by atoms with Gasteiger partial charge in [-0.2, -0.15) is 0 Å². The number of hydrogen-bond acceptors (Lipinski definition) is 4. The van der Waals surface area contributed by atoms with Crippen LogP contribution >= 0.6 is 11.6 Å². The zero-order valence-electron chi connectivity index (χ0n) is 9.13. The molecule has 0 aliphatic rings. The molecule has 0 amide bonds. The molecule has 2 aromatic rings. The summed E-state index contributed by atoms with van der Waals surface area (Å²) in [7, 11) is 0. The summed E-state index contributed by atoms with van der Waals surface area (Å²) in [5.41, 5.74) is 0.255. The normalized spacial score (nSPS) is 10.1. The van der Waals surface area contributed by atoms with Crippen molar-refractivity contribution in [3.05, 3.63) is 53.1 Å². The summed E-state index contributed by atoms with van der Waals surface area (Å²) in [6, 6.07) is 10.3. The molecular formula is C13H9ClO4. The van der Waals surface area contributed by atoms with Crippen LogP contribution in [0.1, 0.15) is 10.4 Å². The quantitative estimate of drug-likeness (QED) is 0.497. The number of hydrogen-bond donors (Lipinski definition) is 2. The molecule has 0 fully saturated rings. The Morgan fingerprint density at radius 3 is 2.56 bits per heavy atom. The van der Waals surface area contributed by atoms with Crippen molar-refractivity contribution in [2.24, 2.45) is 0 Å². The van der Waals surface area contributed by atoms with Gasteiger partial charge in [-0.3, -0.25) is 0 Å². The third-order valence-corrected chi connectivity index (χ3v) is 2.48. The Bertz CT molecular complexity index is 595. The molecule has 4 nitrogen and oxygen atoms in total. The fourth-order valence-electron chi connectivity index (χ4n) is 1.37. The molecule has 2 rings (SSSR count). The Morgan fingerprint density at radius 2 is 1.83 bits per heavy atom. The van der Waals surface area contributed by atoms with E-state index in [9.17, 15) is 15.0 Å². The first-order chi connectivity index (χ1) is 8.58. The summed E-state index contributed by atoms with van der Waals surface area (Å²) < 4.78 is 4.96. The number of carbonyl (C=O) groups is 1. The van der Waals surface area contributed by atoms with Crippen LogP contribution in [0.4, 0.5) is 0 Å². The number of ether oxygens (including phenoxy) is 1. The highest BCUT2D eigenvalue weighted by molar-refractivity contribution is 6.30. The Kier molecular flexibility index (Phi) is 3.39. The smallest absolute Gasteiger partial charge is 0.343 e. The van der Waals surface area contributed by atoms with Crippen LogP contribution in [0.2, 0.25) is 5.02 Å². The van der Waals surface area contributed by atoms with E-state index < -0.39 is 11.7 Å². The van der Waals surface area contributed by atoms with Gasteiger partial charge in [0.15, 0.2) is 11.5 Å². The Morgan fingerprint density at radius 1 is 1.11 bits per heavy atom. The average molecular weight is 265 g/mol. The molecule has 2 N–H and O–H groups in total. The lowest BCUT2D eigenvalue weighted by Crippen LogP contribution is -2.08. The SMILES string of the molecule is O=C(Oc1cccc(O)c1O)c1cccc(Cl)c1. The van der Waals surface area contributed by atoms with Gasteiger partial charge in [-0.05, 0) is 30.3 Å². The van der Waals surface area contributed by atoms with Crippen molar-refractivity contribution in [3.63, 3.8) is 0 Å². The molecule has 5 heteroatoms. The minimum Gasteiger partial charge on any atom is -0.504 e. The first-order valence-electron chi connectivity index (χ1n) is 5.06. The molecule has 0 bridgehead atoms. The number of halogens is 1. The van der Waals surface area contributed by atoms with E-state index in [1.54, 1.807) is 12.1 Å². The Balaban J connectivity index is 2.24. The van der Waals surface area contributed by atoms with Gasteiger partial charge in [-0.1, -0.05) is 23.7 Å². The number of rotatable bonds is 2. The van der Waals surface area contributed by atoms with Crippen molar-refractivity contribution in [1.29, 1.82) is 0 Å². The minimum atomic E-state index is -0.668. The zero-order chi connectivity index (χ0) is 13.1. The number of esters is 1. The molecule has 0 saturated carbocycles. The first kappa shape index (κ1) is 12.3. The predicted octanol–water partition coefficient (Wildman–Crippen LogP) is 2.97. The van der Waals surface area contributed by atoms with E-state index in [0.717, 1.165) is 0 Å². The van der Waals surface area contributed by atoms with E-state index >= 15 is 0 Å². The second-order valence-electron chi connectivity index (χ2n) is 3.52. The van der Waals surface area contributed by atoms with E-state index in [1.165, 1.54) is 30.3 Å². The molecule has 0 aliphatic heterocycles. The van der Waals surface area contributed by atoms with Crippen LogP contribution in [0.5, 0.6) is 17.2 Å². The molecule has 2 aromatic carbocycles. The van der Waals surface area contributed by atoms with E-state index in [0.29, 0.717) is 5.02 Å². The maximum atomic E-state index is 11.8. The molecule has 0 atom stereocenters. The van der Waals surface area contributed by atoms with Crippen molar-refractivity contribution in [1.82, 2.24) is 0 Å². The van der Waals surface area contributed by atoms with Crippen LogP contribution < -0.4 is 4.74 Å². The minimum absolute atomic E-state index is 0.111. The third kappa shape index (κ3) is 2.55.